The summed E-state index contributed by atoms with van der Waals surface area (Å²) in [5.74, 6) is -0.364. The van der Waals surface area contributed by atoms with E-state index in [4.69, 9.17) is 5.11 Å². The van der Waals surface area contributed by atoms with Crippen molar-refractivity contribution < 1.29 is 14.6 Å². The van der Waals surface area contributed by atoms with Crippen molar-refractivity contribution in [2.75, 3.05) is 20.3 Å². The fourth-order valence-corrected chi connectivity index (χ4v) is 1.21. The Hall–Kier alpha value is -1.33. The Balaban J connectivity index is 2.36. The maximum Gasteiger partial charge on any atom is 0.354 e. The minimum atomic E-state index is -0.364. The van der Waals surface area contributed by atoms with Crippen LogP contribution in [-0.4, -0.2) is 36.3 Å². The number of aromatic nitrogens is 1. The first-order valence-electron chi connectivity index (χ1n) is 4.85. The Morgan fingerprint density at radius 1 is 1.67 bits per heavy atom. The summed E-state index contributed by atoms with van der Waals surface area (Å²) in [6.45, 7) is 1.62. The van der Waals surface area contributed by atoms with E-state index < -0.39 is 0 Å². The van der Waals surface area contributed by atoms with Crippen molar-refractivity contribution in [3.63, 3.8) is 0 Å². The van der Waals surface area contributed by atoms with Crippen LogP contribution in [0.4, 0.5) is 0 Å². The van der Waals surface area contributed by atoms with Crippen LogP contribution in [0.2, 0.25) is 0 Å². The Morgan fingerprint density at radius 3 is 3.13 bits per heavy atom. The summed E-state index contributed by atoms with van der Waals surface area (Å²) in [4.78, 5) is 13.9. The number of aliphatic hydroxyl groups is 1. The quantitative estimate of drug-likeness (QED) is 0.467. The summed E-state index contributed by atoms with van der Waals surface area (Å²) >= 11 is 0. The maximum atomic E-state index is 11.1. The highest BCUT2D eigenvalue weighted by molar-refractivity contribution is 5.87. The van der Waals surface area contributed by atoms with Crippen LogP contribution in [0.15, 0.2) is 12.3 Å². The van der Waals surface area contributed by atoms with Gasteiger partial charge in [0.1, 0.15) is 5.69 Å². The molecule has 1 aromatic rings. The van der Waals surface area contributed by atoms with Gasteiger partial charge in [-0.3, -0.25) is 0 Å². The van der Waals surface area contributed by atoms with Crippen LogP contribution >= 0.6 is 0 Å². The number of carbonyl (C=O) groups excluding carboxylic acids is 1. The van der Waals surface area contributed by atoms with Gasteiger partial charge >= 0.3 is 5.97 Å². The van der Waals surface area contributed by atoms with Gasteiger partial charge in [-0.1, -0.05) is 0 Å². The first-order valence-corrected chi connectivity index (χ1v) is 4.85. The van der Waals surface area contributed by atoms with Gasteiger partial charge in [0.15, 0.2) is 0 Å². The Bertz CT molecular complexity index is 309. The second kappa shape index (κ2) is 6.21. The molecule has 1 heterocycles. The largest absolute Gasteiger partial charge is 0.464 e. The first-order chi connectivity index (χ1) is 7.27. The molecular formula is C10H16N2O3. The van der Waals surface area contributed by atoms with Gasteiger partial charge in [0, 0.05) is 19.3 Å². The van der Waals surface area contributed by atoms with E-state index in [0.29, 0.717) is 12.2 Å². The third-order valence-electron chi connectivity index (χ3n) is 1.99. The zero-order valence-electron chi connectivity index (χ0n) is 8.75. The molecule has 1 rings (SSSR count). The average Bonchev–Trinajstić information content (AvgIpc) is 2.72. The molecular weight excluding hydrogens is 196 g/mol. The van der Waals surface area contributed by atoms with Crippen LogP contribution in [0.5, 0.6) is 0 Å². The number of nitrogens with one attached hydrogen (secondary N) is 2. The second-order valence-electron chi connectivity index (χ2n) is 3.17. The fourth-order valence-electron chi connectivity index (χ4n) is 1.21. The molecule has 0 unspecified atom stereocenters. The van der Waals surface area contributed by atoms with Crippen LogP contribution in [-0.2, 0) is 11.3 Å². The smallest absolute Gasteiger partial charge is 0.354 e. The molecule has 3 N–H and O–H groups in total. The molecule has 0 aromatic carbocycles. The highest BCUT2D eigenvalue weighted by Gasteiger charge is 2.07. The summed E-state index contributed by atoms with van der Waals surface area (Å²) in [6, 6.07) is 1.75. The predicted octanol–water partition coefficient (Wildman–Crippen LogP) is 0.273. The lowest BCUT2D eigenvalue weighted by Crippen LogP contribution is -2.15. The van der Waals surface area contributed by atoms with Gasteiger partial charge < -0.3 is 20.1 Å². The molecule has 84 valence electrons. The predicted molar refractivity (Wildman–Crippen MR) is 55.5 cm³/mol. The van der Waals surface area contributed by atoms with E-state index >= 15 is 0 Å². The number of aliphatic hydroxyl groups excluding tert-OH is 1. The highest BCUT2D eigenvalue weighted by atomic mass is 16.5. The van der Waals surface area contributed by atoms with Crippen LogP contribution in [0, 0.1) is 0 Å². The summed E-state index contributed by atoms with van der Waals surface area (Å²) in [7, 11) is 1.35. The van der Waals surface area contributed by atoms with Gasteiger partial charge in [0.05, 0.1) is 7.11 Å². The highest BCUT2D eigenvalue weighted by Crippen LogP contribution is 2.04. The topological polar surface area (TPSA) is 74.3 Å². The average molecular weight is 212 g/mol. The van der Waals surface area contributed by atoms with E-state index in [0.717, 1.165) is 18.5 Å². The normalized spacial score (nSPS) is 10.3. The molecule has 0 spiro atoms. The van der Waals surface area contributed by atoms with Crippen LogP contribution < -0.4 is 5.32 Å². The SMILES string of the molecule is COC(=O)c1cc(CNCCCO)c[nH]1. The maximum absolute atomic E-state index is 11.1. The third-order valence-corrected chi connectivity index (χ3v) is 1.99. The van der Waals surface area contributed by atoms with E-state index in [2.05, 4.69) is 15.0 Å². The molecule has 5 heteroatoms. The number of H-pyrrole nitrogens is 1. The van der Waals surface area contributed by atoms with Crippen molar-refractivity contribution in [2.45, 2.75) is 13.0 Å². The van der Waals surface area contributed by atoms with E-state index in [1.54, 1.807) is 12.3 Å². The van der Waals surface area contributed by atoms with Crippen LogP contribution in [0.3, 0.4) is 0 Å². The van der Waals surface area contributed by atoms with Crippen LogP contribution in [0.25, 0.3) is 0 Å². The molecule has 0 aliphatic carbocycles. The zero-order valence-corrected chi connectivity index (χ0v) is 8.75. The Labute approximate surface area is 88.4 Å². The molecule has 15 heavy (non-hydrogen) atoms. The number of esters is 1. The summed E-state index contributed by atoms with van der Waals surface area (Å²) < 4.78 is 4.57. The summed E-state index contributed by atoms with van der Waals surface area (Å²) in [5, 5.41) is 11.7. The molecule has 5 nitrogen and oxygen atoms in total. The molecule has 0 aliphatic rings. The first kappa shape index (κ1) is 11.7. The number of hydrogen-bond acceptors (Lipinski definition) is 4. The number of carbonyl (C=O) groups is 1. The third kappa shape index (κ3) is 3.73. The minimum absolute atomic E-state index is 0.188. The standard InChI is InChI=1S/C10H16N2O3/c1-15-10(14)9-5-8(7-12-9)6-11-3-2-4-13/h5,7,11-13H,2-4,6H2,1H3. The lowest BCUT2D eigenvalue weighted by atomic mass is 10.3. The van der Waals surface area contributed by atoms with Gasteiger partial charge in [-0.05, 0) is 24.6 Å². The van der Waals surface area contributed by atoms with Gasteiger partial charge in [0.25, 0.3) is 0 Å². The molecule has 0 atom stereocenters. The molecule has 0 saturated heterocycles. The zero-order chi connectivity index (χ0) is 11.1. The van der Waals surface area contributed by atoms with Gasteiger partial charge in [0.2, 0.25) is 0 Å². The van der Waals surface area contributed by atoms with Gasteiger partial charge in [-0.15, -0.1) is 0 Å². The number of aromatic amines is 1. The van der Waals surface area contributed by atoms with Crippen molar-refractivity contribution >= 4 is 5.97 Å². The van der Waals surface area contributed by atoms with Crippen molar-refractivity contribution in [3.05, 3.63) is 23.5 Å². The van der Waals surface area contributed by atoms with E-state index in [1.807, 2.05) is 0 Å². The number of rotatable bonds is 6. The van der Waals surface area contributed by atoms with Gasteiger partial charge in [-0.2, -0.15) is 0 Å². The fraction of sp³-hybridized carbons (Fsp3) is 0.500. The molecule has 0 radical (unpaired) electrons. The van der Waals surface area contributed by atoms with E-state index in [-0.39, 0.29) is 12.6 Å². The number of hydrogen-bond donors (Lipinski definition) is 3. The number of methoxy groups -OCH3 is 1. The molecule has 0 amide bonds. The van der Waals surface area contributed by atoms with Crippen molar-refractivity contribution in [1.29, 1.82) is 0 Å². The molecule has 1 aromatic heterocycles. The lowest BCUT2D eigenvalue weighted by Gasteiger charge is -1.99. The van der Waals surface area contributed by atoms with Crippen molar-refractivity contribution in [2.24, 2.45) is 0 Å². The Morgan fingerprint density at radius 2 is 2.47 bits per heavy atom. The monoisotopic (exact) mass is 212 g/mol. The molecule has 0 saturated carbocycles. The van der Waals surface area contributed by atoms with E-state index in [9.17, 15) is 4.79 Å². The van der Waals surface area contributed by atoms with Gasteiger partial charge in [-0.25, -0.2) is 4.79 Å². The Kier molecular flexibility index (Phi) is 4.86. The van der Waals surface area contributed by atoms with E-state index in [1.165, 1.54) is 7.11 Å². The molecule has 0 aliphatic heterocycles. The second-order valence-corrected chi connectivity index (χ2v) is 3.17. The van der Waals surface area contributed by atoms with Crippen molar-refractivity contribution in [3.8, 4) is 0 Å². The molecule has 0 fully saturated rings. The summed E-state index contributed by atoms with van der Waals surface area (Å²) in [6.07, 6.45) is 2.49. The number of ether oxygens (including phenoxy) is 1. The lowest BCUT2D eigenvalue weighted by molar-refractivity contribution is 0.0595. The summed E-state index contributed by atoms with van der Waals surface area (Å²) in [5.41, 5.74) is 1.45. The van der Waals surface area contributed by atoms with Crippen LogP contribution in [0.1, 0.15) is 22.5 Å². The molecule has 0 bridgehead atoms. The van der Waals surface area contributed by atoms with Crippen molar-refractivity contribution in [1.82, 2.24) is 10.3 Å². The minimum Gasteiger partial charge on any atom is -0.464 e.